The SMILES string of the molecule is CC(C)OC(=O)N[C@H](Nc1ccccc1)C(Cl)(Cl)Cl. The molecule has 7 heteroatoms. The molecule has 0 aliphatic rings. The highest BCUT2D eigenvalue weighted by Crippen LogP contribution is 2.31. The maximum Gasteiger partial charge on any atom is 0.409 e. The molecule has 1 atom stereocenters. The van der Waals surface area contributed by atoms with Crippen molar-refractivity contribution in [2.75, 3.05) is 5.32 Å². The fourth-order valence-electron chi connectivity index (χ4n) is 1.27. The molecule has 0 aromatic heterocycles. The van der Waals surface area contributed by atoms with E-state index in [4.69, 9.17) is 39.5 Å². The van der Waals surface area contributed by atoms with Crippen LogP contribution in [0.15, 0.2) is 30.3 Å². The number of benzene rings is 1. The van der Waals surface area contributed by atoms with Gasteiger partial charge in [-0.3, -0.25) is 5.32 Å². The van der Waals surface area contributed by atoms with Gasteiger partial charge >= 0.3 is 6.09 Å². The molecule has 0 spiro atoms. The van der Waals surface area contributed by atoms with Crippen LogP contribution in [-0.4, -0.2) is 22.2 Å². The van der Waals surface area contributed by atoms with Gasteiger partial charge in [0, 0.05) is 5.69 Å². The topological polar surface area (TPSA) is 50.4 Å². The number of alkyl carbamates (subject to hydrolysis) is 1. The van der Waals surface area contributed by atoms with Crippen LogP contribution in [0.3, 0.4) is 0 Å². The van der Waals surface area contributed by atoms with Crippen LogP contribution in [0.25, 0.3) is 0 Å². The molecule has 2 N–H and O–H groups in total. The minimum atomic E-state index is -1.72. The number of hydrogen-bond donors (Lipinski definition) is 2. The fraction of sp³-hybridized carbons (Fsp3) is 0.417. The minimum absolute atomic E-state index is 0.257. The predicted octanol–water partition coefficient (Wildman–Crippen LogP) is 3.93. The van der Waals surface area contributed by atoms with Crippen molar-refractivity contribution in [2.45, 2.75) is 29.9 Å². The lowest BCUT2D eigenvalue weighted by atomic mass is 10.3. The van der Waals surface area contributed by atoms with E-state index in [1.807, 2.05) is 18.2 Å². The first-order valence-corrected chi connectivity index (χ1v) is 6.78. The molecule has 0 radical (unpaired) electrons. The average Bonchev–Trinajstić information content (AvgIpc) is 2.27. The average molecular weight is 326 g/mol. The number of hydrogen-bond acceptors (Lipinski definition) is 3. The van der Waals surface area contributed by atoms with Crippen molar-refractivity contribution in [2.24, 2.45) is 0 Å². The summed E-state index contributed by atoms with van der Waals surface area (Å²) in [5, 5.41) is 5.38. The standard InChI is InChI=1S/C12H15Cl3N2O2/c1-8(2)19-11(18)17-10(12(13,14)15)16-9-6-4-3-5-7-9/h3-8,10,16H,1-2H3,(H,17,18)/t10-/m0/s1. The molecule has 0 unspecified atom stereocenters. The van der Waals surface area contributed by atoms with Gasteiger partial charge in [-0.1, -0.05) is 53.0 Å². The molecular weight excluding hydrogens is 311 g/mol. The number of carbonyl (C=O) groups excluding carboxylic acids is 1. The van der Waals surface area contributed by atoms with Crippen molar-refractivity contribution in [3.8, 4) is 0 Å². The Morgan fingerprint density at radius 1 is 1.21 bits per heavy atom. The van der Waals surface area contributed by atoms with Gasteiger partial charge in [-0.15, -0.1) is 0 Å². The van der Waals surface area contributed by atoms with E-state index >= 15 is 0 Å². The molecule has 1 amide bonds. The lowest BCUT2D eigenvalue weighted by Gasteiger charge is -2.27. The lowest BCUT2D eigenvalue weighted by molar-refractivity contribution is 0.113. The fourth-order valence-corrected chi connectivity index (χ4v) is 1.59. The van der Waals surface area contributed by atoms with E-state index in [0.717, 1.165) is 0 Å². The molecule has 0 heterocycles. The largest absolute Gasteiger partial charge is 0.447 e. The molecule has 0 aliphatic heterocycles. The number of para-hydroxylation sites is 1. The summed E-state index contributed by atoms with van der Waals surface area (Å²) in [5.41, 5.74) is 0.712. The second-order valence-corrected chi connectivity index (χ2v) is 6.45. The Kier molecular flexibility index (Phi) is 6.04. The predicted molar refractivity (Wildman–Crippen MR) is 78.9 cm³/mol. The van der Waals surface area contributed by atoms with E-state index in [2.05, 4.69) is 10.6 Å². The molecule has 0 saturated carbocycles. The molecule has 1 aromatic rings. The molecule has 19 heavy (non-hydrogen) atoms. The Morgan fingerprint density at radius 2 is 1.79 bits per heavy atom. The third-order valence-electron chi connectivity index (χ3n) is 2.02. The van der Waals surface area contributed by atoms with Gasteiger partial charge < -0.3 is 10.1 Å². The van der Waals surface area contributed by atoms with Crippen molar-refractivity contribution >= 4 is 46.6 Å². The molecule has 0 saturated heterocycles. The van der Waals surface area contributed by atoms with Gasteiger partial charge in [0.25, 0.3) is 0 Å². The molecule has 0 aliphatic carbocycles. The monoisotopic (exact) mass is 324 g/mol. The summed E-state index contributed by atoms with van der Waals surface area (Å²) >= 11 is 17.5. The van der Waals surface area contributed by atoms with E-state index in [0.29, 0.717) is 5.69 Å². The van der Waals surface area contributed by atoms with Crippen molar-refractivity contribution in [1.82, 2.24) is 5.32 Å². The van der Waals surface area contributed by atoms with Gasteiger partial charge in [-0.2, -0.15) is 0 Å². The highest BCUT2D eigenvalue weighted by molar-refractivity contribution is 6.68. The number of amides is 1. The van der Waals surface area contributed by atoms with Gasteiger partial charge in [0.2, 0.25) is 3.79 Å². The zero-order valence-electron chi connectivity index (χ0n) is 10.5. The first-order chi connectivity index (χ1) is 8.79. The Labute approximate surface area is 127 Å². The number of anilines is 1. The van der Waals surface area contributed by atoms with E-state index in [-0.39, 0.29) is 6.10 Å². The van der Waals surface area contributed by atoms with Gasteiger partial charge in [0.1, 0.15) is 6.17 Å². The summed E-state index contributed by atoms with van der Waals surface area (Å²) in [4.78, 5) is 11.6. The van der Waals surface area contributed by atoms with Crippen LogP contribution >= 0.6 is 34.8 Å². The lowest BCUT2D eigenvalue weighted by Crippen LogP contribution is -2.49. The summed E-state index contributed by atoms with van der Waals surface area (Å²) in [5.74, 6) is 0. The number of nitrogens with one attached hydrogen (secondary N) is 2. The summed E-state index contributed by atoms with van der Waals surface area (Å²) in [6, 6.07) is 9.09. The van der Waals surface area contributed by atoms with Gasteiger partial charge in [-0.25, -0.2) is 4.79 Å². The summed E-state index contributed by atoms with van der Waals surface area (Å²) in [7, 11) is 0. The van der Waals surface area contributed by atoms with E-state index in [1.165, 1.54) is 0 Å². The van der Waals surface area contributed by atoms with Crippen molar-refractivity contribution in [1.29, 1.82) is 0 Å². The van der Waals surface area contributed by atoms with E-state index in [9.17, 15) is 4.79 Å². The van der Waals surface area contributed by atoms with E-state index in [1.54, 1.807) is 26.0 Å². The maximum absolute atomic E-state index is 11.6. The number of alkyl halides is 3. The minimum Gasteiger partial charge on any atom is -0.447 e. The Hall–Kier alpha value is -0.840. The number of ether oxygens (including phenoxy) is 1. The zero-order chi connectivity index (χ0) is 14.5. The second-order valence-electron chi connectivity index (χ2n) is 4.08. The molecule has 106 valence electrons. The number of halogens is 3. The molecule has 4 nitrogen and oxygen atoms in total. The van der Waals surface area contributed by atoms with Crippen LogP contribution in [0.1, 0.15) is 13.8 Å². The molecule has 0 fully saturated rings. The van der Waals surface area contributed by atoms with Crippen molar-refractivity contribution in [3.05, 3.63) is 30.3 Å². The molecule has 1 aromatic carbocycles. The number of rotatable bonds is 4. The summed E-state index contributed by atoms with van der Waals surface area (Å²) in [6.07, 6.45) is -1.83. The second kappa shape index (κ2) is 7.08. The smallest absolute Gasteiger partial charge is 0.409 e. The maximum atomic E-state index is 11.6. The molecule has 1 rings (SSSR count). The third-order valence-corrected chi connectivity index (χ3v) is 2.67. The summed E-state index contributed by atoms with van der Waals surface area (Å²) in [6.45, 7) is 3.46. The van der Waals surface area contributed by atoms with Crippen molar-refractivity contribution < 1.29 is 9.53 Å². The normalized spacial score (nSPS) is 12.9. The van der Waals surface area contributed by atoms with Gasteiger partial charge in [0.15, 0.2) is 0 Å². The van der Waals surface area contributed by atoms with Crippen LogP contribution in [0.5, 0.6) is 0 Å². The van der Waals surface area contributed by atoms with Crippen LogP contribution < -0.4 is 10.6 Å². The van der Waals surface area contributed by atoms with Crippen molar-refractivity contribution in [3.63, 3.8) is 0 Å². The highest BCUT2D eigenvalue weighted by atomic mass is 35.6. The third kappa shape index (κ3) is 6.23. The Balaban J connectivity index is 2.71. The number of carbonyl (C=O) groups is 1. The van der Waals surface area contributed by atoms with E-state index < -0.39 is 16.1 Å². The van der Waals surface area contributed by atoms with Crippen LogP contribution in [0, 0.1) is 0 Å². The highest BCUT2D eigenvalue weighted by Gasteiger charge is 2.34. The Bertz CT molecular complexity index is 407. The van der Waals surface area contributed by atoms with Crippen LogP contribution in [0.4, 0.5) is 10.5 Å². The molecular formula is C12H15Cl3N2O2. The Morgan fingerprint density at radius 3 is 2.26 bits per heavy atom. The first-order valence-electron chi connectivity index (χ1n) is 5.64. The quantitative estimate of drug-likeness (QED) is 0.651. The van der Waals surface area contributed by atoms with Gasteiger partial charge in [-0.05, 0) is 26.0 Å². The van der Waals surface area contributed by atoms with Crippen LogP contribution in [-0.2, 0) is 4.74 Å². The van der Waals surface area contributed by atoms with Gasteiger partial charge in [0.05, 0.1) is 6.10 Å². The molecule has 0 bridgehead atoms. The summed E-state index contributed by atoms with van der Waals surface area (Å²) < 4.78 is 3.23. The van der Waals surface area contributed by atoms with Crippen LogP contribution in [0.2, 0.25) is 0 Å². The first kappa shape index (κ1) is 16.2. The zero-order valence-corrected chi connectivity index (χ0v) is 12.8.